The van der Waals surface area contributed by atoms with Crippen molar-refractivity contribution in [3.8, 4) is 5.88 Å². The summed E-state index contributed by atoms with van der Waals surface area (Å²) < 4.78 is 5.73. The molecule has 2 rings (SSSR count). The Morgan fingerprint density at radius 3 is 2.79 bits per heavy atom. The van der Waals surface area contributed by atoms with Crippen molar-refractivity contribution in [3.63, 3.8) is 0 Å². The number of hydrogen-bond acceptors (Lipinski definition) is 3. The average Bonchev–Trinajstić information content (AvgIpc) is 2.18. The Bertz CT molecular complexity index is 485. The number of aromatic nitrogens is 2. The molecule has 0 N–H and O–H groups in total. The fourth-order valence-corrected chi connectivity index (χ4v) is 1.74. The van der Waals surface area contributed by atoms with Crippen molar-refractivity contribution in [1.29, 1.82) is 0 Å². The van der Waals surface area contributed by atoms with Crippen LogP contribution in [0.1, 0.15) is 5.56 Å². The van der Waals surface area contributed by atoms with Crippen LogP contribution in [-0.2, 0) is 0 Å². The second-order valence-electron chi connectivity index (χ2n) is 2.97. The number of methoxy groups -OCH3 is 1. The number of nitrogens with zero attached hydrogens (tertiary/aromatic N) is 2. The number of fused-ring (bicyclic) bond motifs is 1. The topological polar surface area (TPSA) is 35.0 Å². The number of rotatable bonds is 1. The Kier molecular flexibility index (Phi) is 2.37. The fourth-order valence-electron chi connectivity index (χ4n) is 1.40. The van der Waals surface area contributed by atoms with E-state index < -0.39 is 0 Å². The van der Waals surface area contributed by atoms with E-state index in [0.29, 0.717) is 10.6 Å². The van der Waals surface area contributed by atoms with Gasteiger partial charge in [-0.1, -0.05) is 12.1 Å². The van der Waals surface area contributed by atoms with Gasteiger partial charge >= 0.3 is 0 Å². The standard InChI is InChI=1S/C10H9BrN2O/c1-6-4-3-5-7-8(6)12-10(11)13-9(7)14-2/h3-5H,1-2H3. The molecular formula is C10H9BrN2O. The first-order valence-corrected chi connectivity index (χ1v) is 4.98. The molecular weight excluding hydrogens is 244 g/mol. The highest BCUT2D eigenvalue weighted by molar-refractivity contribution is 9.10. The van der Waals surface area contributed by atoms with Gasteiger partial charge in [-0.3, -0.25) is 0 Å². The summed E-state index contributed by atoms with van der Waals surface area (Å²) in [5.74, 6) is 0.602. The fraction of sp³-hybridized carbons (Fsp3) is 0.200. The highest BCUT2D eigenvalue weighted by Crippen LogP contribution is 2.25. The lowest BCUT2D eigenvalue weighted by molar-refractivity contribution is 0.401. The molecule has 0 aliphatic heterocycles. The van der Waals surface area contributed by atoms with Crippen LogP contribution in [0.15, 0.2) is 22.9 Å². The quantitative estimate of drug-likeness (QED) is 0.733. The molecule has 0 atom stereocenters. The first-order valence-electron chi connectivity index (χ1n) is 4.19. The number of hydrogen-bond donors (Lipinski definition) is 0. The van der Waals surface area contributed by atoms with E-state index in [-0.39, 0.29) is 0 Å². The lowest BCUT2D eigenvalue weighted by Crippen LogP contribution is -1.94. The van der Waals surface area contributed by atoms with Gasteiger partial charge in [-0.05, 0) is 34.5 Å². The van der Waals surface area contributed by atoms with E-state index in [1.54, 1.807) is 7.11 Å². The van der Waals surface area contributed by atoms with Crippen molar-refractivity contribution < 1.29 is 4.74 Å². The molecule has 0 spiro atoms. The first-order chi connectivity index (χ1) is 6.72. The van der Waals surface area contributed by atoms with Crippen LogP contribution in [0.5, 0.6) is 5.88 Å². The lowest BCUT2D eigenvalue weighted by Gasteiger charge is -2.05. The maximum absolute atomic E-state index is 5.18. The predicted molar refractivity (Wildman–Crippen MR) is 58.5 cm³/mol. The third kappa shape index (κ3) is 1.46. The van der Waals surface area contributed by atoms with Crippen LogP contribution in [-0.4, -0.2) is 17.1 Å². The van der Waals surface area contributed by atoms with Crippen LogP contribution in [0.3, 0.4) is 0 Å². The highest BCUT2D eigenvalue weighted by Gasteiger charge is 2.07. The summed E-state index contributed by atoms with van der Waals surface area (Å²) >= 11 is 3.26. The van der Waals surface area contributed by atoms with Gasteiger partial charge in [0.05, 0.1) is 18.0 Å². The predicted octanol–water partition coefficient (Wildman–Crippen LogP) is 2.71. The van der Waals surface area contributed by atoms with Gasteiger partial charge in [0, 0.05) is 0 Å². The molecule has 1 aromatic carbocycles. The zero-order valence-corrected chi connectivity index (χ0v) is 9.50. The molecule has 0 saturated carbocycles. The minimum Gasteiger partial charge on any atom is -0.480 e. The van der Waals surface area contributed by atoms with Crippen molar-refractivity contribution in [3.05, 3.63) is 28.5 Å². The largest absolute Gasteiger partial charge is 0.480 e. The molecule has 14 heavy (non-hydrogen) atoms. The molecule has 0 unspecified atom stereocenters. The van der Waals surface area contributed by atoms with Crippen LogP contribution in [0, 0.1) is 6.92 Å². The maximum Gasteiger partial charge on any atom is 0.225 e. The van der Waals surface area contributed by atoms with Gasteiger partial charge in [0.2, 0.25) is 10.6 Å². The number of ether oxygens (including phenoxy) is 1. The van der Waals surface area contributed by atoms with Gasteiger partial charge in [-0.15, -0.1) is 0 Å². The van der Waals surface area contributed by atoms with Gasteiger partial charge in [0.15, 0.2) is 0 Å². The summed E-state index contributed by atoms with van der Waals surface area (Å²) in [6, 6.07) is 5.94. The molecule has 0 bridgehead atoms. The Hall–Kier alpha value is -1.16. The Balaban J connectivity index is 2.87. The van der Waals surface area contributed by atoms with Crippen molar-refractivity contribution in [1.82, 2.24) is 9.97 Å². The second-order valence-corrected chi connectivity index (χ2v) is 3.68. The lowest BCUT2D eigenvalue weighted by atomic mass is 10.1. The Morgan fingerprint density at radius 2 is 2.07 bits per heavy atom. The number of para-hydroxylation sites is 1. The third-order valence-corrected chi connectivity index (χ3v) is 2.41. The van der Waals surface area contributed by atoms with Gasteiger partial charge in [-0.25, -0.2) is 4.98 Å². The molecule has 1 heterocycles. The third-order valence-electron chi connectivity index (χ3n) is 2.06. The number of benzene rings is 1. The van der Waals surface area contributed by atoms with Crippen molar-refractivity contribution >= 4 is 26.8 Å². The summed E-state index contributed by atoms with van der Waals surface area (Å²) in [6.07, 6.45) is 0. The van der Waals surface area contributed by atoms with Crippen molar-refractivity contribution in [2.75, 3.05) is 7.11 Å². The molecule has 0 fully saturated rings. The van der Waals surface area contributed by atoms with Crippen molar-refractivity contribution in [2.24, 2.45) is 0 Å². The molecule has 72 valence electrons. The summed E-state index contributed by atoms with van der Waals surface area (Å²) in [5.41, 5.74) is 2.04. The normalized spacial score (nSPS) is 10.5. The summed E-state index contributed by atoms with van der Waals surface area (Å²) in [5, 5.41) is 0.940. The molecule has 0 aliphatic rings. The van der Waals surface area contributed by atoms with Crippen LogP contribution >= 0.6 is 15.9 Å². The molecule has 0 aliphatic carbocycles. The second kappa shape index (κ2) is 3.53. The molecule has 0 amide bonds. The summed E-state index contributed by atoms with van der Waals surface area (Å²) in [6.45, 7) is 2.02. The van der Waals surface area contributed by atoms with Crippen LogP contribution in [0.2, 0.25) is 0 Å². The van der Waals surface area contributed by atoms with Gasteiger partial charge in [0.1, 0.15) is 0 Å². The van der Waals surface area contributed by atoms with E-state index >= 15 is 0 Å². The molecule has 2 aromatic rings. The number of halogens is 1. The number of aryl methyl sites for hydroxylation is 1. The van der Waals surface area contributed by atoms with E-state index in [9.17, 15) is 0 Å². The van der Waals surface area contributed by atoms with Crippen LogP contribution < -0.4 is 4.74 Å². The van der Waals surface area contributed by atoms with Crippen LogP contribution in [0.25, 0.3) is 10.9 Å². The maximum atomic E-state index is 5.18. The average molecular weight is 253 g/mol. The zero-order chi connectivity index (χ0) is 10.1. The minimum absolute atomic E-state index is 0.552. The van der Waals surface area contributed by atoms with E-state index in [1.807, 2.05) is 25.1 Å². The minimum atomic E-state index is 0.552. The van der Waals surface area contributed by atoms with E-state index in [1.165, 1.54) is 0 Å². The molecule has 0 saturated heterocycles. The van der Waals surface area contributed by atoms with Gasteiger partial charge in [0.25, 0.3) is 0 Å². The van der Waals surface area contributed by atoms with Crippen LogP contribution in [0.4, 0.5) is 0 Å². The molecule has 0 radical (unpaired) electrons. The summed E-state index contributed by atoms with van der Waals surface area (Å²) in [7, 11) is 1.61. The van der Waals surface area contributed by atoms with E-state index in [2.05, 4.69) is 25.9 Å². The summed E-state index contributed by atoms with van der Waals surface area (Å²) in [4.78, 5) is 8.45. The highest BCUT2D eigenvalue weighted by atomic mass is 79.9. The van der Waals surface area contributed by atoms with Gasteiger partial charge < -0.3 is 4.74 Å². The van der Waals surface area contributed by atoms with E-state index in [4.69, 9.17) is 4.74 Å². The first kappa shape index (κ1) is 9.40. The Morgan fingerprint density at radius 1 is 1.29 bits per heavy atom. The monoisotopic (exact) mass is 252 g/mol. The zero-order valence-electron chi connectivity index (χ0n) is 7.91. The Labute approximate surface area is 90.3 Å². The van der Waals surface area contributed by atoms with E-state index in [0.717, 1.165) is 16.5 Å². The molecule has 4 heteroatoms. The van der Waals surface area contributed by atoms with Crippen molar-refractivity contribution in [2.45, 2.75) is 6.92 Å². The molecule has 3 nitrogen and oxygen atoms in total. The smallest absolute Gasteiger partial charge is 0.225 e. The molecule has 1 aromatic heterocycles. The van der Waals surface area contributed by atoms with Gasteiger partial charge in [-0.2, -0.15) is 4.98 Å². The SMILES string of the molecule is COc1nc(Br)nc2c(C)cccc12.